The summed E-state index contributed by atoms with van der Waals surface area (Å²) in [7, 11) is 1.49. The highest BCUT2D eigenvalue weighted by atomic mass is 35.5. The van der Waals surface area contributed by atoms with Crippen LogP contribution in [-0.4, -0.2) is 22.8 Å². The molecule has 104 valence electrons. The summed E-state index contributed by atoms with van der Waals surface area (Å²) < 4.78 is 0. The van der Waals surface area contributed by atoms with Gasteiger partial charge in [-0.3, -0.25) is 9.97 Å². The number of nitrogens with zero attached hydrogens (tertiary/aromatic N) is 3. The van der Waals surface area contributed by atoms with E-state index in [-0.39, 0.29) is 5.92 Å². The Bertz CT molecular complexity index is 617. The number of oxime groups is 1. The minimum atomic E-state index is -0.109. The summed E-state index contributed by atoms with van der Waals surface area (Å²) in [6, 6.07) is 5.25. The lowest BCUT2D eigenvalue weighted by Gasteiger charge is -2.14. The van der Waals surface area contributed by atoms with Gasteiger partial charge in [0.05, 0.1) is 16.4 Å². The first-order valence-corrected chi connectivity index (χ1v) is 6.71. The summed E-state index contributed by atoms with van der Waals surface area (Å²) in [6.45, 7) is 1.97. The summed E-state index contributed by atoms with van der Waals surface area (Å²) in [6.07, 6.45) is 4.96. The Morgan fingerprint density at radius 2 is 2.10 bits per heavy atom. The summed E-state index contributed by atoms with van der Waals surface area (Å²) in [5, 5.41) is 5.17. The molecular formula is C14H13Cl2N3O. The molecule has 2 rings (SSSR count). The second-order valence-corrected chi connectivity index (χ2v) is 4.98. The van der Waals surface area contributed by atoms with Crippen LogP contribution < -0.4 is 0 Å². The SMILES string of the molecule is CON=C(c1ccc(Cl)cc1Cl)C(C)c1cnccn1. The summed E-state index contributed by atoms with van der Waals surface area (Å²) in [5.74, 6) is -0.109. The number of rotatable bonds is 4. The van der Waals surface area contributed by atoms with Gasteiger partial charge in [-0.25, -0.2) is 0 Å². The Morgan fingerprint density at radius 1 is 1.30 bits per heavy atom. The fraction of sp³-hybridized carbons (Fsp3) is 0.214. The van der Waals surface area contributed by atoms with E-state index in [1.807, 2.05) is 13.0 Å². The van der Waals surface area contributed by atoms with E-state index < -0.39 is 0 Å². The van der Waals surface area contributed by atoms with E-state index in [0.717, 1.165) is 11.3 Å². The Balaban J connectivity index is 2.44. The highest BCUT2D eigenvalue weighted by Crippen LogP contribution is 2.27. The van der Waals surface area contributed by atoms with Crippen molar-refractivity contribution in [2.24, 2.45) is 5.16 Å². The van der Waals surface area contributed by atoms with E-state index >= 15 is 0 Å². The van der Waals surface area contributed by atoms with Crippen LogP contribution >= 0.6 is 23.2 Å². The summed E-state index contributed by atoms with van der Waals surface area (Å²) >= 11 is 12.2. The van der Waals surface area contributed by atoms with Crippen molar-refractivity contribution < 1.29 is 4.84 Å². The first-order valence-electron chi connectivity index (χ1n) is 5.96. The molecule has 0 saturated carbocycles. The van der Waals surface area contributed by atoms with Gasteiger partial charge in [0.15, 0.2) is 0 Å². The third-order valence-corrected chi connectivity index (χ3v) is 3.38. The molecule has 2 aromatic rings. The van der Waals surface area contributed by atoms with E-state index in [9.17, 15) is 0 Å². The predicted octanol–water partition coefficient (Wildman–Crippen LogP) is 3.94. The van der Waals surface area contributed by atoms with E-state index in [1.54, 1.807) is 30.7 Å². The Hall–Kier alpha value is -1.65. The third-order valence-electron chi connectivity index (χ3n) is 2.83. The highest BCUT2D eigenvalue weighted by molar-refractivity contribution is 6.37. The van der Waals surface area contributed by atoms with Gasteiger partial charge >= 0.3 is 0 Å². The van der Waals surface area contributed by atoms with Gasteiger partial charge in [0, 0.05) is 35.1 Å². The van der Waals surface area contributed by atoms with Gasteiger partial charge in [-0.1, -0.05) is 41.3 Å². The van der Waals surface area contributed by atoms with Crippen molar-refractivity contribution in [3.63, 3.8) is 0 Å². The third kappa shape index (κ3) is 3.26. The molecule has 0 fully saturated rings. The molecule has 0 aliphatic rings. The maximum absolute atomic E-state index is 6.23. The molecule has 20 heavy (non-hydrogen) atoms. The zero-order valence-electron chi connectivity index (χ0n) is 11.0. The largest absolute Gasteiger partial charge is 0.399 e. The molecule has 4 nitrogen and oxygen atoms in total. The fourth-order valence-electron chi connectivity index (χ4n) is 1.83. The minimum absolute atomic E-state index is 0.109. The van der Waals surface area contributed by atoms with Crippen LogP contribution in [0.5, 0.6) is 0 Å². The van der Waals surface area contributed by atoms with Crippen LogP contribution in [0.2, 0.25) is 10.0 Å². The zero-order valence-corrected chi connectivity index (χ0v) is 12.6. The number of benzene rings is 1. The van der Waals surface area contributed by atoms with Gasteiger partial charge in [0.1, 0.15) is 7.11 Å². The quantitative estimate of drug-likeness (QED) is 0.635. The monoisotopic (exact) mass is 309 g/mol. The molecule has 0 amide bonds. The van der Waals surface area contributed by atoms with E-state index in [0.29, 0.717) is 15.8 Å². The van der Waals surface area contributed by atoms with Crippen LogP contribution in [-0.2, 0) is 4.84 Å². The minimum Gasteiger partial charge on any atom is -0.399 e. The first-order chi connectivity index (χ1) is 9.63. The van der Waals surface area contributed by atoms with Gasteiger partial charge in [0.25, 0.3) is 0 Å². The molecule has 0 aliphatic carbocycles. The van der Waals surface area contributed by atoms with Gasteiger partial charge < -0.3 is 4.84 Å². The Morgan fingerprint density at radius 3 is 2.70 bits per heavy atom. The van der Waals surface area contributed by atoms with Crippen LogP contribution in [0.3, 0.4) is 0 Å². The number of halogens is 2. The van der Waals surface area contributed by atoms with Crippen LogP contribution in [0, 0.1) is 0 Å². The van der Waals surface area contributed by atoms with Crippen molar-refractivity contribution in [3.8, 4) is 0 Å². The molecule has 0 spiro atoms. The lowest BCUT2D eigenvalue weighted by molar-refractivity contribution is 0.212. The lowest BCUT2D eigenvalue weighted by atomic mass is 9.95. The van der Waals surface area contributed by atoms with E-state index in [1.165, 1.54) is 7.11 Å². The zero-order chi connectivity index (χ0) is 14.5. The van der Waals surface area contributed by atoms with Crippen LogP contribution in [0.1, 0.15) is 24.1 Å². The van der Waals surface area contributed by atoms with Crippen LogP contribution in [0.15, 0.2) is 41.9 Å². The molecular weight excluding hydrogens is 297 g/mol. The van der Waals surface area contributed by atoms with Gasteiger partial charge in [-0.15, -0.1) is 0 Å². The molecule has 0 saturated heterocycles. The molecule has 0 aliphatic heterocycles. The van der Waals surface area contributed by atoms with E-state index in [4.69, 9.17) is 28.0 Å². The van der Waals surface area contributed by atoms with Crippen LogP contribution in [0.4, 0.5) is 0 Å². The molecule has 1 unspecified atom stereocenters. The normalized spacial score (nSPS) is 13.1. The summed E-state index contributed by atoms with van der Waals surface area (Å²) in [5.41, 5.74) is 2.22. The topological polar surface area (TPSA) is 47.4 Å². The van der Waals surface area contributed by atoms with Crippen molar-refractivity contribution in [2.45, 2.75) is 12.8 Å². The van der Waals surface area contributed by atoms with Crippen molar-refractivity contribution in [2.75, 3.05) is 7.11 Å². The maximum Gasteiger partial charge on any atom is 0.106 e. The molecule has 6 heteroatoms. The molecule has 0 bridgehead atoms. The molecule has 1 aromatic carbocycles. The van der Waals surface area contributed by atoms with Crippen molar-refractivity contribution in [1.82, 2.24) is 9.97 Å². The van der Waals surface area contributed by atoms with E-state index in [2.05, 4.69) is 15.1 Å². The number of aromatic nitrogens is 2. The van der Waals surface area contributed by atoms with Crippen molar-refractivity contribution in [1.29, 1.82) is 0 Å². The molecule has 1 heterocycles. The number of hydrogen-bond acceptors (Lipinski definition) is 4. The molecule has 0 radical (unpaired) electrons. The van der Waals surface area contributed by atoms with Crippen molar-refractivity contribution >= 4 is 28.9 Å². The number of hydrogen-bond donors (Lipinski definition) is 0. The second kappa shape index (κ2) is 6.68. The fourth-order valence-corrected chi connectivity index (χ4v) is 2.34. The maximum atomic E-state index is 6.23. The molecule has 0 N–H and O–H groups in total. The molecule has 1 atom stereocenters. The lowest BCUT2D eigenvalue weighted by Crippen LogP contribution is -2.14. The Labute approximate surface area is 127 Å². The van der Waals surface area contributed by atoms with Crippen molar-refractivity contribution in [3.05, 3.63) is 58.1 Å². The second-order valence-electron chi connectivity index (χ2n) is 4.14. The average molecular weight is 310 g/mol. The summed E-state index contributed by atoms with van der Waals surface area (Å²) in [4.78, 5) is 13.3. The highest BCUT2D eigenvalue weighted by Gasteiger charge is 2.20. The van der Waals surface area contributed by atoms with Gasteiger partial charge in [-0.05, 0) is 12.1 Å². The first kappa shape index (κ1) is 14.8. The van der Waals surface area contributed by atoms with Gasteiger partial charge in [-0.2, -0.15) is 0 Å². The predicted molar refractivity (Wildman–Crippen MR) is 80.5 cm³/mol. The standard InChI is InChI=1S/C14H13Cl2N3O/c1-9(13-8-17-5-6-18-13)14(19-20-2)11-4-3-10(15)7-12(11)16/h3-9H,1-2H3. The smallest absolute Gasteiger partial charge is 0.106 e. The van der Waals surface area contributed by atoms with Crippen LogP contribution in [0.25, 0.3) is 0 Å². The average Bonchev–Trinajstić information content (AvgIpc) is 2.46. The Kier molecular flexibility index (Phi) is 4.93. The molecule has 1 aromatic heterocycles. The van der Waals surface area contributed by atoms with Gasteiger partial charge in [0.2, 0.25) is 0 Å².